The lowest BCUT2D eigenvalue weighted by molar-refractivity contribution is -0.870. The molecule has 0 bridgehead atoms. The molecule has 0 saturated heterocycles. The summed E-state index contributed by atoms with van der Waals surface area (Å²) in [5, 5.41) is 9.64. The molecular formula is C59H104NO8+. The van der Waals surface area contributed by atoms with Crippen molar-refractivity contribution in [2.24, 2.45) is 0 Å². The fourth-order valence-electron chi connectivity index (χ4n) is 7.49. The van der Waals surface area contributed by atoms with Gasteiger partial charge in [0.05, 0.1) is 34.4 Å². The third kappa shape index (κ3) is 50.6. The van der Waals surface area contributed by atoms with Crippen molar-refractivity contribution in [3.8, 4) is 0 Å². The number of allylic oxidation sites excluding steroid dienone is 12. The third-order valence-corrected chi connectivity index (χ3v) is 11.7. The Labute approximate surface area is 417 Å². The number of carboxylic acid groups (broad SMARTS) is 1. The average molecular weight is 955 g/mol. The number of likely N-dealkylation sites (N-methyl/N-ethyl adjacent to an activating group) is 1. The molecule has 0 rings (SSSR count). The van der Waals surface area contributed by atoms with Crippen LogP contribution in [0, 0.1) is 0 Å². The Morgan fingerprint density at radius 2 is 0.838 bits per heavy atom. The number of hydrogen-bond acceptors (Lipinski definition) is 7. The van der Waals surface area contributed by atoms with Crippen LogP contribution in [0.2, 0.25) is 0 Å². The van der Waals surface area contributed by atoms with E-state index in [1.807, 2.05) is 21.1 Å². The van der Waals surface area contributed by atoms with Crippen molar-refractivity contribution in [1.82, 2.24) is 0 Å². The van der Waals surface area contributed by atoms with E-state index in [-0.39, 0.29) is 32.2 Å². The summed E-state index contributed by atoms with van der Waals surface area (Å²) < 4.78 is 22.7. The smallest absolute Gasteiger partial charge is 0.361 e. The van der Waals surface area contributed by atoms with Gasteiger partial charge in [-0.3, -0.25) is 9.59 Å². The van der Waals surface area contributed by atoms with Gasteiger partial charge in [0.1, 0.15) is 13.2 Å². The predicted molar refractivity (Wildman–Crippen MR) is 286 cm³/mol. The van der Waals surface area contributed by atoms with Crippen molar-refractivity contribution in [3.63, 3.8) is 0 Å². The second kappa shape index (κ2) is 50.1. The molecule has 0 aliphatic rings. The number of carboxylic acids is 1. The molecule has 2 atom stereocenters. The maximum atomic E-state index is 12.8. The van der Waals surface area contributed by atoms with E-state index in [2.05, 4.69) is 86.8 Å². The minimum Gasteiger partial charge on any atom is -0.477 e. The summed E-state index contributed by atoms with van der Waals surface area (Å²) in [5.41, 5.74) is 0. The highest BCUT2D eigenvalue weighted by atomic mass is 16.7. The van der Waals surface area contributed by atoms with Crippen molar-refractivity contribution < 1.29 is 42.9 Å². The first-order valence-corrected chi connectivity index (χ1v) is 27.6. The molecule has 0 aliphatic carbocycles. The first-order valence-electron chi connectivity index (χ1n) is 27.6. The van der Waals surface area contributed by atoms with Crippen molar-refractivity contribution in [3.05, 3.63) is 72.9 Å². The Balaban J connectivity index is 4.01. The maximum Gasteiger partial charge on any atom is 0.361 e. The first kappa shape index (κ1) is 64.7. The highest BCUT2D eigenvalue weighted by Crippen LogP contribution is 2.16. The van der Waals surface area contributed by atoms with E-state index in [4.69, 9.17) is 18.9 Å². The number of rotatable bonds is 50. The molecule has 9 nitrogen and oxygen atoms in total. The molecule has 9 heteroatoms. The Hall–Kier alpha value is -3.27. The molecule has 0 saturated carbocycles. The van der Waals surface area contributed by atoms with Gasteiger partial charge in [-0.25, -0.2) is 4.79 Å². The van der Waals surface area contributed by atoms with Crippen LogP contribution in [0.25, 0.3) is 0 Å². The van der Waals surface area contributed by atoms with Crippen LogP contribution in [0.4, 0.5) is 0 Å². The van der Waals surface area contributed by atoms with Crippen LogP contribution in [0.1, 0.15) is 226 Å². The van der Waals surface area contributed by atoms with Crippen LogP contribution in [-0.2, 0) is 33.3 Å². The van der Waals surface area contributed by atoms with Crippen molar-refractivity contribution in [2.45, 2.75) is 238 Å². The number of hydrogen-bond donors (Lipinski definition) is 1. The third-order valence-electron chi connectivity index (χ3n) is 11.7. The van der Waals surface area contributed by atoms with Crippen LogP contribution < -0.4 is 0 Å². The molecule has 0 spiro atoms. The molecule has 0 amide bonds. The van der Waals surface area contributed by atoms with Gasteiger partial charge in [-0.1, -0.05) is 222 Å². The second-order valence-electron chi connectivity index (χ2n) is 19.5. The van der Waals surface area contributed by atoms with Gasteiger partial charge in [0, 0.05) is 12.8 Å². The van der Waals surface area contributed by atoms with Gasteiger partial charge >= 0.3 is 17.9 Å². The zero-order valence-corrected chi connectivity index (χ0v) is 44.5. The number of aliphatic carboxylic acids is 1. The number of unbranched alkanes of at least 4 members (excludes halogenated alkanes) is 23. The fourth-order valence-corrected chi connectivity index (χ4v) is 7.49. The molecule has 0 aliphatic heterocycles. The zero-order chi connectivity index (χ0) is 49.9. The molecule has 68 heavy (non-hydrogen) atoms. The number of quaternary nitrogens is 1. The molecule has 0 heterocycles. The summed E-state index contributed by atoms with van der Waals surface area (Å²) in [6, 6.07) is 0. The van der Waals surface area contributed by atoms with Crippen LogP contribution in [0.3, 0.4) is 0 Å². The van der Waals surface area contributed by atoms with Crippen molar-refractivity contribution in [1.29, 1.82) is 0 Å². The van der Waals surface area contributed by atoms with E-state index in [0.717, 1.165) is 77.0 Å². The Morgan fingerprint density at radius 3 is 1.25 bits per heavy atom. The topological polar surface area (TPSA) is 108 Å². The largest absolute Gasteiger partial charge is 0.477 e. The molecule has 0 radical (unpaired) electrons. The molecule has 0 aromatic heterocycles. The normalized spacial score (nSPS) is 13.4. The van der Waals surface area contributed by atoms with Crippen LogP contribution in [-0.4, -0.2) is 87.4 Å². The molecule has 0 fully saturated rings. The monoisotopic (exact) mass is 955 g/mol. The van der Waals surface area contributed by atoms with Gasteiger partial charge < -0.3 is 28.5 Å². The summed E-state index contributed by atoms with van der Waals surface area (Å²) in [6.45, 7) is 4.73. The molecule has 0 aromatic carbocycles. The highest BCUT2D eigenvalue weighted by molar-refractivity contribution is 5.71. The maximum absolute atomic E-state index is 12.8. The number of ether oxygens (including phenoxy) is 4. The van der Waals surface area contributed by atoms with Crippen LogP contribution in [0.5, 0.6) is 0 Å². The summed E-state index contributed by atoms with van der Waals surface area (Å²) in [7, 11) is 5.96. The number of carbonyl (C=O) groups is 3. The molecule has 392 valence electrons. The lowest BCUT2D eigenvalue weighted by atomic mass is 10.0. The minimum absolute atomic E-state index is 0.181. The summed E-state index contributed by atoms with van der Waals surface area (Å²) in [6.07, 6.45) is 61.5. The van der Waals surface area contributed by atoms with Gasteiger partial charge in [-0.2, -0.15) is 0 Å². The Kier molecular flexibility index (Phi) is 47.7. The van der Waals surface area contributed by atoms with E-state index >= 15 is 0 Å². The van der Waals surface area contributed by atoms with Gasteiger partial charge in [-0.15, -0.1) is 0 Å². The van der Waals surface area contributed by atoms with Gasteiger partial charge in [0.15, 0.2) is 6.10 Å². The zero-order valence-electron chi connectivity index (χ0n) is 44.5. The SMILES string of the molecule is CC/C=C\C/C=C\C/C=C\C/C=C\C/C=C\C/C=C\CCCCCCCCCCCCCCCCCCC(=O)OC(COC(=O)CCCCCCCCCC)COC(OCC[N+](C)(C)C)C(=O)O. The molecule has 0 aromatic rings. The summed E-state index contributed by atoms with van der Waals surface area (Å²) in [5.74, 6) is -2.01. The average Bonchev–Trinajstić information content (AvgIpc) is 3.30. The molecular weight excluding hydrogens is 851 g/mol. The van der Waals surface area contributed by atoms with Gasteiger partial charge in [0.2, 0.25) is 0 Å². The Bertz CT molecular complexity index is 1340. The molecule has 1 N–H and O–H groups in total. The fraction of sp³-hybridized carbons (Fsp3) is 0.746. The standard InChI is InChI=1S/C59H103NO8/c1-6-8-10-12-14-16-17-18-19-20-21-22-23-24-25-26-27-28-29-30-31-32-33-34-35-36-37-38-39-40-41-42-44-46-48-50-57(62)68-55(54-67-59(58(63)64)65-52-51-60(3,4)5)53-66-56(61)49-47-45-43-15-13-11-9-7-2/h8,10,14,16,18-19,21-22,24-25,27-28,55,59H,6-7,9,11-13,15,17,20,23,26,29-54H2,1-5H3/p+1/b10-8-,16-14-,19-18-,22-21-,25-24-,28-27-. The van der Waals surface area contributed by atoms with Crippen LogP contribution in [0.15, 0.2) is 72.9 Å². The van der Waals surface area contributed by atoms with E-state index in [0.29, 0.717) is 17.4 Å². The quantitative estimate of drug-likeness (QED) is 0.0211. The number of carbonyl (C=O) groups excluding carboxylic acids is 2. The van der Waals surface area contributed by atoms with Crippen LogP contribution >= 0.6 is 0 Å². The van der Waals surface area contributed by atoms with Gasteiger partial charge in [-0.05, 0) is 64.2 Å². The summed E-state index contributed by atoms with van der Waals surface area (Å²) in [4.78, 5) is 37.1. The van der Waals surface area contributed by atoms with E-state index < -0.39 is 24.3 Å². The molecule has 2 unspecified atom stereocenters. The van der Waals surface area contributed by atoms with Crippen molar-refractivity contribution >= 4 is 17.9 Å². The lowest BCUT2D eigenvalue weighted by Crippen LogP contribution is -2.40. The second-order valence-corrected chi connectivity index (χ2v) is 19.5. The van der Waals surface area contributed by atoms with E-state index in [1.165, 1.54) is 122 Å². The number of esters is 2. The first-order chi connectivity index (χ1) is 33.1. The highest BCUT2D eigenvalue weighted by Gasteiger charge is 2.25. The minimum atomic E-state index is -1.51. The van der Waals surface area contributed by atoms with E-state index in [9.17, 15) is 19.5 Å². The summed E-state index contributed by atoms with van der Waals surface area (Å²) >= 11 is 0. The Morgan fingerprint density at radius 1 is 0.456 bits per heavy atom. The predicted octanol–water partition coefficient (Wildman–Crippen LogP) is 15.8. The van der Waals surface area contributed by atoms with Gasteiger partial charge in [0.25, 0.3) is 6.29 Å². The number of nitrogens with zero attached hydrogens (tertiary/aromatic N) is 1. The lowest BCUT2D eigenvalue weighted by Gasteiger charge is -2.25. The van der Waals surface area contributed by atoms with Crippen molar-refractivity contribution in [2.75, 3.05) is 47.5 Å². The van der Waals surface area contributed by atoms with E-state index in [1.54, 1.807) is 0 Å².